The Bertz CT molecular complexity index is 552. The average Bonchev–Trinajstić information content (AvgIpc) is 3.21. The smallest absolute Gasteiger partial charge is 0.319 e. The first-order valence-electron chi connectivity index (χ1n) is 7.78. The first-order valence-corrected chi connectivity index (χ1v) is 7.78. The Kier molecular flexibility index (Phi) is 4.20. The minimum atomic E-state index is -0.328. The van der Waals surface area contributed by atoms with Gasteiger partial charge in [-0.1, -0.05) is 0 Å². The SMILES string of the molecule is CC1CN(c2ccc(NC(=O)NC3CC3)cc2F)CC(C)O1. The Morgan fingerprint density at radius 3 is 2.55 bits per heavy atom. The fraction of sp³-hybridized carbons (Fsp3) is 0.562. The monoisotopic (exact) mass is 307 g/mol. The van der Waals surface area contributed by atoms with Crippen LogP contribution in [-0.4, -0.2) is 37.4 Å². The molecule has 0 spiro atoms. The third-order valence-electron chi connectivity index (χ3n) is 3.88. The van der Waals surface area contributed by atoms with E-state index in [-0.39, 0.29) is 30.1 Å². The van der Waals surface area contributed by atoms with Crippen molar-refractivity contribution in [2.45, 2.75) is 44.9 Å². The van der Waals surface area contributed by atoms with E-state index in [2.05, 4.69) is 10.6 Å². The minimum Gasteiger partial charge on any atom is -0.372 e. The molecule has 1 aliphatic heterocycles. The quantitative estimate of drug-likeness (QED) is 0.903. The van der Waals surface area contributed by atoms with E-state index in [1.54, 1.807) is 12.1 Å². The van der Waals surface area contributed by atoms with Gasteiger partial charge in [-0.15, -0.1) is 0 Å². The van der Waals surface area contributed by atoms with Gasteiger partial charge in [-0.25, -0.2) is 9.18 Å². The highest BCUT2D eigenvalue weighted by molar-refractivity contribution is 5.89. The fourth-order valence-corrected chi connectivity index (χ4v) is 2.80. The van der Waals surface area contributed by atoms with E-state index in [1.165, 1.54) is 6.07 Å². The molecule has 2 fully saturated rings. The normalized spacial score (nSPS) is 25.0. The van der Waals surface area contributed by atoms with Gasteiger partial charge in [0.1, 0.15) is 5.82 Å². The van der Waals surface area contributed by atoms with Crippen molar-refractivity contribution in [1.29, 1.82) is 0 Å². The molecule has 0 radical (unpaired) electrons. The van der Waals surface area contributed by atoms with Crippen LogP contribution in [0, 0.1) is 5.82 Å². The van der Waals surface area contributed by atoms with Crippen molar-refractivity contribution in [2.75, 3.05) is 23.3 Å². The molecule has 1 aromatic carbocycles. The first-order chi connectivity index (χ1) is 10.5. The number of ether oxygens (including phenoxy) is 1. The van der Waals surface area contributed by atoms with Crippen molar-refractivity contribution in [3.05, 3.63) is 24.0 Å². The summed E-state index contributed by atoms with van der Waals surface area (Å²) in [7, 11) is 0. The van der Waals surface area contributed by atoms with Gasteiger partial charge in [-0.05, 0) is 44.9 Å². The maximum atomic E-state index is 14.4. The Balaban J connectivity index is 1.67. The molecule has 0 bridgehead atoms. The standard InChI is InChI=1S/C16H22FN3O2/c1-10-8-20(9-11(2)22-10)15-6-5-13(7-14(15)17)19-16(21)18-12-3-4-12/h5-7,10-12H,3-4,8-9H2,1-2H3,(H2,18,19,21). The van der Waals surface area contributed by atoms with E-state index in [9.17, 15) is 9.18 Å². The van der Waals surface area contributed by atoms with Crippen molar-refractivity contribution in [3.63, 3.8) is 0 Å². The second-order valence-electron chi connectivity index (χ2n) is 6.20. The van der Waals surface area contributed by atoms with Crippen molar-refractivity contribution < 1.29 is 13.9 Å². The van der Waals surface area contributed by atoms with E-state index >= 15 is 0 Å². The molecule has 1 aliphatic carbocycles. The van der Waals surface area contributed by atoms with Gasteiger partial charge in [-0.3, -0.25) is 0 Å². The number of nitrogens with one attached hydrogen (secondary N) is 2. The molecular formula is C16H22FN3O2. The number of amides is 2. The lowest BCUT2D eigenvalue weighted by Crippen LogP contribution is -2.45. The van der Waals surface area contributed by atoms with Gasteiger partial charge in [-0.2, -0.15) is 0 Å². The van der Waals surface area contributed by atoms with Crippen LogP contribution < -0.4 is 15.5 Å². The predicted molar refractivity (Wildman–Crippen MR) is 83.8 cm³/mol. The minimum absolute atomic E-state index is 0.0743. The van der Waals surface area contributed by atoms with E-state index in [0.29, 0.717) is 24.5 Å². The second-order valence-corrected chi connectivity index (χ2v) is 6.20. The Hall–Kier alpha value is -1.82. The number of hydrogen-bond donors (Lipinski definition) is 2. The molecule has 2 N–H and O–H groups in total. The number of anilines is 2. The van der Waals surface area contributed by atoms with Crippen molar-refractivity contribution in [2.24, 2.45) is 0 Å². The number of carbonyl (C=O) groups is 1. The molecule has 1 saturated heterocycles. The maximum Gasteiger partial charge on any atom is 0.319 e. The highest BCUT2D eigenvalue weighted by Crippen LogP contribution is 2.26. The number of nitrogens with zero attached hydrogens (tertiary/aromatic N) is 1. The summed E-state index contributed by atoms with van der Waals surface area (Å²) in [6, 6.07) is 4.82. The third-order valence-corrected chi connectivity index (χ3v) is 3.88. The van der Waals surface area contributed by atoms with Gasteiger partial charge in [0.05, 0.1) is 17.9 Å². The van der Waals surface area contributed by atoms with Crippen LogP contribution in [0.3, 0.4) is 0 Å². The lowest BCUT2D eigenvalue weighted by Gasteiger charge is -2.37. The zero-order valence-electron chi connectivity index (χ0n) is 12.9. The number of morpholine rings is 1. The molecule has 2 atom stereocenters. The van der Waals surface area contributed by atoms with Gasteiger partial charge in [0.2, 0.25) is 0 Å². The van der Waals surface area contributed by atoms with E-state index in [0.717, 1.165) is 12.8 Å². The molecule has 6 heteroatoms. The summed E-state index contributed by atoms with van der Waals surface area (Å²) < 4.78 is 20.0. The van der Waals surface area contributed by atoms with Crippen LogP contribution >= 0.6 is 0 Å². The zero-order chi connectivity index (χ0) is 15.7. The van der Waals surface area contributed by atoms with Gasteiger partial charge in [0, 0.05) is 24.8 Å². The number of hydrogen-bond acceptors (Lipinski definition) is 3. The van der Waals surface area contributed by atoms with Gasteiger partial charge < -0.3 is 20.3 Å². The Morgan fingerprint density at radius 1 is 1.27 bits per heavy atom. The number of benzene rings is 1. The highest BCUT2D eigenvalue weighted by atomic mass is 19.1. The first kappa shape index (κ1) is 15.1. The van der Waals surface area contributed by atoms with E-state index < -0.39 is 0 Å². The summed E-state index contributed by atoms with van der Waals surface area (Å²) in [5, 5.41) is 5.48. The van der Waals surface area contributed by atoms with Crippen LogP contribution in [0.5, 0.6) is 0 Å². The summed E-state index contributed by atoms with van der Waals surface area (Å²) in [6.45, 7) is 5.30. The van der Waals surface area contributed by atoms with Crippen molar-refractivity contribution in [1.82, 2.24) is 5.32 Å². The summed E-state index contributed by atoms with van der Waals surface area (Å²) in [4.78, 5) is 13.7. The zero-order valence-corrected chi connectivity index (χ0v) is 12.9. The summed E-state index contributed by atoms with van der Waals surface area (Å²) >= 11 is 0. The molecule has 120 valence electrons. The van der Waals surface area contributed by atoms with E-state index in [1.807, 2.05) is 18.7 Å². The molecule has 22 heavy (non-hydrogen) atoms. The molecule has 2 aliphatic rings. The Morgan fingerprint density at radius 2 is 1.95 bits per heavy atom. The van der Waals surface area contributed by atoms with Crippen molar-refractivity contribution in [3.8, 4) is 0 Å². The van der Waals surface area contributed by atoms with Crippen LogP contribution in [0.4, 0.5) is 20.6 Å². The highest BCUT2D eigenvalue weighted by Gasteiger charge is 2.25. The lowest BCUT2D eigenvalue weighted by atomic mass is 10.2. The van der Waals surface area contributed by atoms with Crippen LogP contribution in [0.2, 0.25) is 0 Å². The molecule has 2 amide bonds. The van der Waals surface area contributed by atoms with Crippen LogP contribution in [0.15, 0.2) is 18.2 Å². The number of urea groups is 1. The van der Waals surface area contributed by atoms with Gasteiger partial charge >= 0.3 is 6.03 Å². The third kappa shape index (κ3) is 3.68. The second kappa shape index (κ2) is 6.12. The molecule has 1 saturated carbocycles. The van der Waals surface area contributed by atoms with Gasteiger partial charge in [0.15, 0.2) is 0 Å². The lowest BCUT2D eigenvalue weighted by molar-refractivity contribution is -0.00539. The van der Waals surface area contributed by atoms with E-state index in [4.69, 9.17) is 4.74 Å². The topological polar surface area (TPSA) is 53.6 Å². The molecule has 2 unspecified atom stereocenters. The molecule has 5 nitrogen and oxygen atoms in total. The van der Waals surface area contributed by atoms with Crippen LogP contribution in [0.1, 0.15) is 26.7 Å². The number of carbonyl (C=O) groups excluding carboxylic acids is 1. The van der Waals surface area contributed by atoms with Crippen molar-refractivity contribution >= 4 is 17.4 Å². The average molecular weight is 307 g/mol. The maximum absolute atomic E-state index is 14.4. The van der Waals surface area contributed by atoms with Gasteiger partial charge in [0.25, 0.3) is 0 Å². The molecule has 0 aromatic heterocycles. The largest absolute Gasteiger partial charge is 0.372 e. The molecule has 1 heterocycles. The summed E-state index contributed by atoms with van der Waals surface area (Å²) in [6.07, 6.45) is 2.19. The predicted octanol–water partition coefficient (Wildman–Crippen LogP) is 2.72. The number of rotatable bonds is 3. The molecule has 3 rings (SSSR count). The molecular weight excluding hydrogens is 285 g/mol. The fourth-order valence-electron chi connectivity index (χ4n) is 2.80. The molecule has 1 aromatic rings. The summed E-state index contributed by atoms with van der Waals surface area (Å²) in [5.74, 6) is -0.328. The number of halogens is 1. The Labute approximate surface area is 129 Å². The van der Waals surface area contributed by atoms with Crippen LogP contribution in [-0.2, 0) is 4.74 Å². The van der Waals surface area contributed by atoms with Crippen LogP contribution in [0.25, 0.3) is 0 Å². The summed E-state index contributed by atoms with van der Waals surface area (Å²) in [5.41, 5.74) is 1.02.